The number of hydrogen-bond acceptors (Lipinski definition) is 5. The average molecular weight is 681 g/mol. The van der Waals surface area contributed by atoms with E-state index < -0.39 is 6.10 Å². The fraction of sp³-hybridized carbons (Fsp3) is 0.953. The zero-order chi connectivity index (χ0) is 35.0. The molecule has 0 amide bonds. The van der Waals surface area contributed by atoms with Crippen LogP contribution in [0.5, 0.6) is 0 Å². The molecule has 1 unspecified atom stereocenters. The molecule has 1 atom stereocenters. The first kappa shape index (κ1) is 46.9. The third-order valence-corrected chi connectivity index (χ3v) is 9.90. The van der Waals surface area contributed by atoms with Gasteiger partial charge in [0.05, 0.1) is 6.61 Å². The van der Waals surface area contributed by atoms with E-state index in [4.69, 9.17) is 9.47 Å². The molecule has 0 saturated carbocycles. The van der Waals surface area contributed by atoms with E-state index in [1.54, 1.807) is 0 Å². The SMILES string of the molecule is CCCCCCCCCCCCCCCCCCCCCC(=O)OCC(CO)OC(=O)CCCCCCCCCCCCCCCCC. The van der Waals surface area contributed by atoms with E-state index in [2.05, 4.69) is 13.8 Å². The number of carbonyl (C=O) groups is 2. The highest BCUT2D eigenvalue weighted by molar-refractivity contribution is 5.70. The summed E-state index contributed by atoms with van der Waals surface area (Å²) in [4.78, 5) is 24.3. The lowest BCUT2D eigenvalue weighted by atomic mass is 10.0. The van der Waals surface area contributed by atoms with Crippen LogP contribution in [-0.4, -0.2) is 36.4 Å². The van der Waals surface area contributed by atoms with Crippen molar-refractivity contribution in [2.24, 2.45) is 0 Å². The minimum atomic E-state index is -0.761. The van der Waals surface area contributed by atoms with Crippen molar-refractivity contribution < 1.29 is 24.2 Å². The van der Waals surface area contributed by atoms with Crippen LogP contribution in [0.4, 0.5) is 0 Å². The monoisotopic (exact) mass is 681 g/mol. The maximum Gasteiger partial charge on any atom is 0.306 e. The van der Waals surface area contributed by atoms with Gasteiger partial charge in [-0.25, -0.2) is 0 Å². The van der Waals surface area contributed by atoms with Crippen molar-refractivity contribution >= 4 is 11.9 Å². The molecule has 0 aromatic carbocycles. The predicted octanol–water partition coefficient (Wildman–Crippen LogP) is 13.5. The van der Waals surface area contributed by atoms with E-state index in [0.29, 0.717) is 12.8 Å². The predicted molar refractivity (Wildman–Crippen MR) is 205 cm³/mol. The van der Waals surface area contributed by atoms with E-state index in [0.717, 1.165) is 32.1 Å². The summed E-state index contributed by atoms with van der Waals surface area (Å²) < 4.78 is 10.6. The van der Waals surface area contributed by atoms with Crippen molar-refractivity contribution in [3.63, 3.8) is 0 Å². The number of hydrogen-bond donors (Lipinski definition) is 1. The van der Waals surface area contributed by atoms with Gasteiger partial charge in [0.25, 0.3) is 0 Å². The van der Waals surface area contributed by atoms with Gasteiger partial charge in [-0.2, -0.15) is 0 Å². The van der Waals surface area contributed by atoms with E-state index in [-0.39, 0.29) is 25.2 Å². The Labute approximate surface area is 299 Å². The lowest BCUT2D eigenvalue weighted by Crippen LogP contribution is -2.28. The Morgan fingerprint density at radius 2 is 0.646 bits per heavy atom. The largest absolute Gasteiger partial charge is 0.462 e. The van der Waals surface area contributed by atoms with Crippen LogP contribution < -0.4 is 0 Å². The second kappa shape index (κ2) is 40.3. The summed E-state index contributed by atoms with van der Waals surface area (Å²) in [7, 11) is 0. The first-order valence-corrected chi connectivity index (χ1v) is 21.6. The van der Waals surface area contributed by atoms with Gasteiger partial charge < -0.3 is 14.6 Å². The topological polar surface area (TPSA) is 72.8 Å². The second-order valence-corrected chi connectivity index (χ2v) is 14.8. The Balaban J connectivity index is 3.46. The lowest BCUT2D eigenvalue weighted by molar-refractivity contribution is -0.161. The number of aliphatic hydroxyl groups excluding tert-OH is 1. The van der Waals surface area contributed by atoms with Crippen molar-refractivity contribution in [2.75, 3.05) is 13.2 Å². The van der Waals surface area contributed by atoms with Crippen molar-refractivity contribution in [2.45, 2.75) is 251 Å². The van der Waals surface area contributed by atoms with E-state index in [1.165, 1.54) is 186 Å². The van der Waals surface area contributed by atoms with Crippen molar-refractivity contribution in [1.29, 1.82) is 0 Å². The molecule has 1 N–H and O–H groups in total. The molecule has 0 rings (SSSR count). The summed E-state index contributed by atoms with van der Waals surface area (Å²) in [6.45, 7) is 4.18. The van der Waals surface area contributed by atoms with Gasteiger partial charge in [0.1, 0.15) is 6.61 Å². The molecule has 0 saturated heterocycles. The maximum atomic E-state index is 12.2. The standard InChI is InChI=1S/C43H84O5/c1-3-5-7-9-11-13-15-17-19-20-21-22-24-25-27-29-31-33-35-37-42(45)47-40-41(39-44)48-43(46)38-36-34-32-30-28-26-23-18-16-14-12-10-8-6-4-2/h41,44H,3-40H2,1-2H3. The normalized spacial score (nSPS) is 12.0. The van der Waals surface area contributed by atoms with Gasteiger partial charge in [-0.3, -0.25) is 9.59 Å². The highest BCUT2D eigenvalue weighted by atomic mass is 16.6. The Kier molecular flexibility index (Phi) is 39.4. The molecule has 5 heteroatoms. The van der Waals surface area contributed by atoms with E-state index in [9.17, 15) is 14.7 Å². The summed E-state index contributed by atoms with van der Waals surface area (Å²) >= 11 is 0. The maximum absolute atomic E-state index is 12.2. The summed E-state index contributed by atoms with van der Waals surface area (Å²) in [6.07, 6.45) is 44.6. The Morgan fingerprint density at radius 3 is 0.917 bits per heavy atom. The Bertz CT molecular complexity index is 651. The summed E-state index contributed by atoms with van der Waals surface area (Å²) in [5.74, 6) is -0.572. The van der Waals surface area contributed by atoms with Gasteiger partial charge in [-0.15, -0.1) is 0 Å². The third-order valence-electron chi connectivity index (χ3n) is 9.90. The molecule has 0 aliphatic heterocycles. The summed E-state index contributed by atoms with van der Waals surface area (Å²) in [5, 5.41) is 9.57. The number of carbonyl (C=O) groups excluding carboxylic acids is 2. The molecule has 0 spiro atoms. The van der Waals surface area contributed by atoms with Crippen LogP contribution in [0.15, 0.2) is 0 Å². The zero-order valence-corrected chi connectivity index (χ0v) is 32.5. The highest BCUT2D eigenvalue weighted by Crippen LogP contribution is 2.16. The molecule has 0 radical (unpaired) electrons. The Hall–Kier alpha value is -1.10. The summed E-state index contributed by atoms with van der Waals surface area (Å²) in [6, 6.07) is 0. The van der Waals surface area contributed by atoms with E-state index in [1.807, 2.05) is 0 Å². The lowest BCUT2D eigenvalue weighted by Gasteiger charge is -2.15. The molecule has 0 aromatic rings. The molecule has 0 aliphatic rings. The highest BCUT2D eigenvalue weighted by Gasteiger charge is 2.16. The van der Waals surface area contributed by atoms with Gasteiger partial charge in [-0.05, 0) is 12.8 Å². The molecule has 5 nitrogen and oxygen atoms in total. The van der Waals surface area contributed by atoms with Crippen molar-refractivity contribution in [3.05, 3.63) is 0 Å². The van der Waals surface area contributed by atoms with Gasteiger partial charge in [0.15, 0.2) is 6.10 Å². The minimum Gasteiger partial charge on any atom is -0.462 e. The number of rotatable bonds is 40. The molecule has 0 aromatic heterocycles. The first-order chi connectivity index (χ1) is 23.6. The van der Waals surface area contributed by atoms with Crippen LogP contribution in [0.3, 0.4) is 0 Å². The molecule has 0 aliphatic carbocycles. The van der Waals surface area contributed by atoms with Gasteiger partial charge in [0.2, 0.25) is 0 Å². The molecule has 0 fully saturated rings. The molecular formula is C43H84O5. The number of unbranched alkanes of at least 4 members (excludes halogenated alkanes) is 32. The smallest absolute Gasteiger partial charge is 0.306 e. The quantitative estimate of drug-likeness (QED) is 0.0515. The molecule has 0 bridgehead atoms. The van der Waals surface area contributed by atoms with Crippen LogP contribution in [0, 0.1) is 0 Å². The second-order valence-electron chi connectivity index (χ2n) is 14.8. The fourth-order valence-electron chi connectivity index (χ4n) is 6.62. The van der Waals surface area contributed by atoms with Crippen LogP contribution in [-0.2, 0) is 19.1 Å². The summed E-state index contributed by atoms with van der Waals surface area (Å²) in [5.41, 5.74) is 0. The molecule has 286 valence electrons. The molecular weight excluding hydrogens is 596 g/mol. The van der Waals surface area contributed by atoms with Crippen LogP contribution in [0.2, 0.25) is 0 Å². The van der Waals surface area contributed by atoms with Gasteiger partial charge in [-0.1, -0.05) is 219 Å². The number of esters is 2. The van der Waals surface area contributed by atoms with Crippen LogP contribution >= 0.6 is 0 Å². The first-order valence-electron chi connectivity index (χ1n) is 21.6. The van der Waals surface area contributed by atoms with Gasteiger partial charge >= 0.3 is 11.9 Å². The van der Waals surface area contributed by atoms with Crippen molar-refractivity contribution in [1.82, 2.24) is 0 Å². The number of aliphatic hydroxyl groups is 1. The van der Waals surface area contributed by atoms with E-state index >= 15 is 0 Å². The fourth-order valence-corrected chi connectivity index (χ4v) is 6.62. The number of ether oxygens (including phenoxy) is 2. The average Bonchev–Trinajstić information content (AvgIpc) is 3.09. The molecule has 0 heterocycles. The Morgan fingerprint density at radius 1 is 0.396 bits per heavy atom. The van der Waals surface area contributed by atoms with Crippen LogP contribution in [0.1, 0.15) is 245 Å². The molecule has 48 heavy (non-hydrogen) atoms. The minimum absolute atomic E-state index is 0.0565. The van der Waals surface area contributed by atoms with Crippen LogP contribution in [0.25, 0.3) is 0 Å². The third kappa shape index (κ3) is 37.7. The van der Waals surface area contributed by atoms with Gasteiger partial charge in [0, 0.05) is 12.8 Å². The zero-order valence-electron chi connectivity index (χ0n) is 32.5. The van der Waals surface area contributed by atoms with Crippen molar-refractivity contribution in [3.8, 4) is 0 Å².